The Morgan fingerprint density at radius 2 is 2.05 bits per heavy atom. The molecule has 21 heavy (non-hydrogen) atoms. The summed E-state index contributed by atoms with van der Waals surface area (Å²) in [5.41, 5.74) is 0.760. The van der Waals surface area contributed by atoms with E-state index in [1.165, 1.54) is 11.3 Å². The lowest BCUT2D eigenvalue weighted by Crippen LogP contribution is -2.18. The predicted molar refractivity (Wildman–Crippen MR) is 80.8 cm³/mol. The number of aromatic carboxylic acids is 1. The van der Waals surface area contributed by atoms with Gasteiger partial charge in [0, 0.05) is 11.3 Å². The maximum Gasteiger partial charge on any atom is 0.338 e. The van der Waals surface area contributed by atoms with E-state index in [0.29, 0.717) is 17.0 Å². The molecule has 2 heterocycles. The molecule has 1 saturated heterocycles. The first-order chi connectivity index (χ1) is 9.69. The number of hydrogen-bond donors (Lipinski definition) is 2. The van der Waals surface area contributed by atoms with Crippen molar-refractivity contribution in [3.05, 3.63) is 16.0 Å². The summed E-state index contributed by atoms with van der Waals surface area (Å²) in [5.74, 6) is -1.42. The lowest BCUT2D eigenvalue weighted by molar-refractivity contribution is -0.116. The Morgan fingerprint density at radius 3 is 2.57 bits per heavy atom. The third-order valence-electron chi connectivity index (χ3n) is 3.65. The minimum Gasteiger partial charge on any atom is -0.478 e. The van der Waals surface area contributed by atoms with Crippen LogP contribution >= 0.6 is 11.3 Å². The van der Waals surface area contributed by atoms with Crippen molar-refractivity contribution in [2.45, 2.75) is 26.7 Å². The van der Waals surface area contributed by atoms with E-state index < -0.39 is 15.8 Å². The minimum atomic E-state index is -3.01. The van der Waals surface area contributed by atoms with Crippen LogP contribution in [0.4, 0.5) is 5.00 Å². The smallest absolute Gasteiger partial charge is 0.338 e. The maximum absolute atomic E-state index is 12.0. The molecule has 2 rings (SSSR count). The first kappa shape index (κ1) is 16.0. The fourth-order valence-electron chi connectivity index (χ4n) is 2.45. The van der Waals surface area contributed by atoms with Gasteiger partial charge in [-0.25, -0.2) is 13.2 Å². The predicted octanol–water partition coefficient (Wildman–Crippen LogP) is 1.83. The van der Waals surface area contributed by atoms with Crippen LogP contribution in [0.5, 0.6) is 0 Å². The van der Waals surface area contributed by atoms with E-state index in [1.54, 1.807) is 13.8 Å². The van der Waals surface area contributed by atoms with Crippen molar-refractivity contribution in [1.29, 1.82) is 0 Å². The highest BCUT2D eigenvalue weighted by Crippen LogP contribution is 2.33. The van der Waals surface area contributed by atoms with Crippen molar-refractivity contribution in [2.24, 2.45) is 5.92 Å². The second kappa shape index (κ2) is 5.76. The highest BCUT2D eigenvalue weighted by molar-refractivity contribution is 7.91. The Bertz CT molecular complexity index is 690. The molecule has 0 bridgehead atoms. The zero-order valence-electron chi connectivity index (χ0n) is 11.8. The average molecular weight is 331 g/mol. The molecule has 6 nitrogen and oxygen atoms in total. The SMILES string of the molecule is Cc1sc(NC(=O)CC2CCS(=O)(=O)C2)c(C(=O)O)c1C. The summed E-state index contributed by atoms with van der Waals surface area (Å²) in [6.07, 6.45) is 0.596. The molecule has 0 saturated carbocycles. The van der Waals surface area contributed by atoms with Gasteiger partial charge in [-0.15, -0.1) is 11.3 Å². The van der Waals surface area contributed by atoms with E-state index in [2.05, 4.69) is 5.32 Å². The van der Waals surface area contributed by atoms with E-state index in [9.17, 15) is 23.1 Å². The minimum absolute atomic E-state index is 0.0364. The van der Waals surface area contributed by atoms with Crippen LogP contribution < -0.4 is 5.32 Å². The van der Waals surface area contributed by atoms with Gasteiger partial charge in [-0.2, -0.15) is 0 Å². The quantitative estimate of drug-likeness (QED) is 0.876. The van der Waals surface area contributed by atoms with Gasteiger partial charge < -0.3 is 10.4 Å². The number of sulfone groups is 1. The molecular formula is C13H17NO5S2. The van der Waals surface area contributed by atoms with Gasteiger partial charge in [0.25, 0.3) is 0 Å². The van der Waals surface area contributed by atoms with Gasteiger partial charge in [0.1, 0.15) is 5.00 Å². The summed E-state index contributed by atoms with van der Waals surface area (Å²) in [5, 5.41) is 12.1. The molecule has 1 unspecified atom stereocenters. The molecule has 1 aliphatic heterocycles. The van der Waals surface area contributed by atoms with Crippen LogP contribution in [-0.2, 0) is 14.6 Å². The highest BCUT2D eigenvalue weighted by Gasteiger charge is 2.30. The lowest BCUT2D eigenvalue weighted by Gasteiger charge is -2.08. The number of amides is 1. The number of hydrogen-bond acceptors (Lipinski definition) is 5. The molecule has 1 aromatic rings. The second-order valence-electron chi connectivity index (χ2n) is 5.31. The first-order valence-electron chi connectivity index (χ1n) is 6.53. The number of carboxylic acid groups (broad SMARTS) is 1. The summed E-state index contributed by atoms with van der Waals surface area (Å²) in [6, 6.07) is 0. The largest absolute Gasteiger partial charge is 0.478 e. The van der Waals surface area contributed by atoms with Gasteiger partial charge in [0.05, 0.1) is 17.1 Å². The Morgan fingerprint density at radius 1 is 1.38 bits per heavy atom. The summed E-state index contributed by atoms with van der Waals surface area (Å²) in [4.78, 5) is 24.1. The van der Waals surface area contributed by atoms with Gasteiger partial charge in [-0.3, -0.25) is 4.79 Å². The molecule has 1 atom stereocenters. The van der Waals surface area contributed by atoms with Gasteiger partial charge in [-0.1, -0.05) is 0 Å². The third kappa shape index (κ3) is 3.62. The summed E-state index contributed by atoms with van der Waals surface area (Å²) in [7, 11) is -3.01. The average Bonchev–Trinajstić information content (AvgIpc) is 2.80. The standard InChI is InChI=1S/C13H17NO5S2/c1-7-8(2)20-12(11(7)13(16)17)14-10(15)5-9-3-4-21(18,19)6-9/h9H,3-6H2,1-2H3,(H,14,15)(H,16,17). The summed E-state index contributed by atoms with van der Waals surface area (Å²) >= 11 is 1.22. The highest BCUT2D eigenvalue weighted by atomic mass is 32.2. The molecule has 1 amide bonds. The van der Waals surface area contributed by atoms with Gasteiger partial charge >= 0.3 is 5.97 Å². The lowest BCUT2D eigenvalue weighted by atomic mass is 10.1. The second-order valence-corrected chi connectivity index (χ2v) is 8.77. The Balaban J connectivity index is 2.07. The Kier molecular flexibility index (Phi) is 4.38. The van der Waals surface area contributed by atoms with E-state index >= 15 is 0 Å². The van der Waals surface area contributed by atoms with Gasteiger partial charge in [0.2, 0.25) is 5.91 Å². The molecule has 116 valence electrons. The molecule has 0 spiro atoms. The van der Waals surface area contributed by atoms with Crippen molar-refractivity contribution < 1.29 is 23.1 Å². The number of carboxylic acids is 1. The van der Waals surface area contributed by atoms with Crippen molar-refractivity contribution in [2.75, 3.05) is 16.8 Å². The number of aryl methyl sites for hydroxylation is 1. The molecule has 8 heteroatoms. The van der Waals surface area contributed by atoms with E-state index in [0.717, 1.165) is 4.88 Å². The van der Waals surface area contributed by atoms with Crippen LogP contribution in [0.25, 0.3) is 0 Å². The van der Waals surface area contributed by atoms with Crippen LogP contribution in [0.1, 0.15) is 33.6 Å². The van der Waals surface area contributed by atoms with Crippen LogP contribution in [0.2, 0.25) is 0 Å². The fraction of sp³-hybridized carbons (Fsp3) is 0.538. The molecule has 1 aromatic heterocycles. The molecule has 2 N–H and O–H groups in total. The maximum atomic E-state index is 12.0. The molecule has 1 fully saturated rings. The number of carbonyl (C=O) groups excluding carboxylic acids is 1. The normalized spacial score (nSPS) is 20.4. The van der Waals surface area contributed by atoms with E-state index in [4.69, 9.17) is 0 Å². The molecule has 0 radical (unpaired) electrons. The summed E-state index contributed by atoms with van der Waals surface area (Å²) in [6.45, 7) is 3.50. The zero-order valence-corrected chi connectivity index (χ0v) is 13.4. The number of rotatable bonds is 4. The fourth-order valence-corrected chi connectivity index (χ4v) is 5.38. The van der Waals surface area contributed by atoms with E-state index in [1.807, 2.05) is 0 Å². The Labute approximate surface area is 127 Å². The van der Waals surface area contributed by atoms with Gasteiger partial charge in [0.15, 0.2) is 9.84 Å². The number of nitrogens with one attached hydrogen (secondary N) is 1. The molecule has 0 aliphatic carbocycles. The van der Waals surface area contributed by atoms with Crippen molar-refractivity contribution in [1.82, 2.24) is 0 Å². The van der Waals surface area contributed by atoms with E-state index in [-0.39, 0.29) is 35.3 Å². The van der Waals surface area contributed by atoms with Gasteiger partial charge in [-0.05, 0) is 31.7 Å². The monoisotopic (exact) mass is 331 g/mol. The topological polar surface area (TPSA) is 101 Å². The molecular weight excluding hydrogens is 314 g/mol. The van der Waals surface area contributed by atoms with Crippen LogP contribution in [0.15, 0.2) is 0 Å². The van der Waals surface area contributed by atoms with Crippen LogP contribution in [0.3, 0.4) is 0 Å². The number of thiophene rings is 1. The van der Waals surface area contributed by atoms with Crippen molar-refractivity contribution in [3.8, 4) is 0 Å². The van der Waals surface area contributed by atoms with Crippen LogP contribution in [0, 0.1) is 19.8 Å². The van der Waals surface area contributed by atoms with Crippen molar-refractivity contribution >= 4 is 38.1 Å². The zero-order chi connectivity index (χ0) is 15.8. The number of anilines is 1. The molecule has 1 aliphatic rings. The molecule has 0 aromatic carbocycles. The Hall–Kier alpha value is -1.41. The van der Waals surface area contributed by atoms with Crippen molar-refractivity contribution in [3.63, 3.8) is 0 Å². The summed E-state index contributed by atoms with van der Waals surface area (Å²) < 4.78 is 22.7. The third-order valence-corrected chi connectivity index (χ3v) is 6.61. The number of carbonyl (C=O) groups is 2. The first-order valence-corrected chi connectivity index (χ1v) is 9.17. The van der Waals surface area contributed by atoms with Crippen LogP contribution in [-0.4, -0.2) is 36.9 Å².